The second kappa shape index (κ2) is 5.17. The van der Waals surface area contributed by atoms with Crippen molar-refractivity contribution in [1.82, 2.24) is 5.32 Å². The number of aliphatic hydroxyl groups excluding tert-OH is 1. The predicted octanol–water partition coefficient (Wildman–Crippen LogP) is 0.618. The van der Waals surface area contributed by atoms with Gasteiger partial charge in [-0.25, -0.2) is 0 Å². The topological polar surface area (TPSA) is 32.3 Å². The molecule has 0 bridgehead atoms. The van der Waals surface area contributed by atoms with Gasteiger partial charge in [-0.15, -0.1) is 6.42 Å². The van der Waals surface area contributed by atoms with E-state index < -0.39 is 0 Å². The first-order valence-corrected chi connectivity index (χ1v) is 3.87. The summed E-state index contributed by atoms with van der Waals surface area (Å²) in [6.45, 7) is 5.91. The van der Waals surface area contributed by atoms with E-state index in [0.29, 0.717) is 6.54 Å². The molecule has 11 heavy (non-hydrogen) atoms. The van der Waals surface area contributed by atoms with Crippen molar-refractivity contribution in [1.29, 1.82) is 0 Å². The van der Waals surface area contributed by atoms with Gasteiger partial charge in [0.15, 0.2) is 0 Å². The Kier molecular flexibility index (Phi) is 4.93. The van der Waals surface area contributed by atoms with Crippen molar-refractivity contribution in [2.45, 2.75) is 20.3 Å². The van der Waals surface area contributed by atoms with Gasteiger partial charge in [0.2, 0.25) is 0 Å². The van der Waals surface area contributed by atoms with Crippen molar-refractivity contribution in [3.05, 3.63) is 0 Å². The highest BCUT2D eigenvalue weighted by molar-refractivity contribution is 4.87. The third kappa shape index (κ3) is 5.90. The SMILES string of the molecule is C#CCNCC(C)(C)CCO. The zero-order valence-electron chi connectivity index (χ0n) is 7.35. The molecule has 0 aliphatic heterocycles. The lowest BCUT2D eigenvalue weighted by atomic mass is 9.90. The van der Waals surface area contributed by atoms with Crippen LogP contribution in [0.5, 0.6) is 0 Å². The first-order chi connectivity index (χ1) is 5.12. The van der Waals surface area contributed by atoms with Crippen molar-refractivity contribution in [3.63, 3.8) is 0 Å². The van der Waals surface area contributed by atoms with E-state index in [1.54, 1.807) is 0 Å². The minimum Gasteiger partial charge on any atom is -0.396 e. The van der Waals surface area contributed by atoms with E-state index >= 15 is 0 Å². The Morgan fingerprint density at radius 1 is 1.55 bits per heavy atom. The molecule has 0 aromatic heterocycles. The molecular formula is C9H17NO. The number of terminal acetylenes is 1. The summed E-state index contributed by atoms with van der Waals surface area (Å²) in [5.41, 5.74) is 0.144. The second-order valence-electron chi connectivity index (χ2n) is 3.45. The largest absolute Gasteiger partial charge is 0.396 e. The summed E-state index contributed by atoms with van der Waals surface area (Å²) < 4.78 is 0. The van der Waals surface area contributed by atoms with Crippen LogP contribution in [-0.4, -0.2) is 24.8 Å². The van der Waals surface area contributed by atoms with Gasteiger partial charge in [-0.2, -0.15) is 0 Å². The number of aliphatic hydroxyl groups is 1. The Bertz CT molecular complexity index is 135. The maximum Gasteiger partial charge on any atom is 0.0574 e. The standard InChI is InChI=1S/C9H17NO/c1-4-6-10-8-9(2,3)5-7-11/h1,10-11H,5-8H2,2-3H3. The van der Waals surface area contributed by atoms with Crippen molar-refractivity contribution >= 4 is 0 Å². The highest BCUT2D eigenvalue weighted by atomic mass is 16.3. The summed E-state index contributed by atoms with van der Waals surface area (Å²) in [7, 11) is 0. The molecule has 2 heteroatoms. The Balaban J connectivity index is 3.48. The van der Waals surface area contributed by atoms with Gasteiger partial charge in [0.25, 0.3) is 0 Å². The fourth-order valence-electron chi connectivity index (χ4n) is 0.864. The summed E-state index contributed by atoms with van der Waals surface area (Å²) in [5, 5.41) is 11.8. The molecule has 2 nitrogen and oxygen atoms in total. The average Bonchev–Trinajstić information content (AvgIpc) is 1.87. The molecule has 0 saturated carbocycles. The molecule has 2 N–H and O–H groups in total. The van der Waals surface area contributed by atoms with Crippen LogP contribution in [0.15, 0.2) is 0 Å². The maximum absolute atomic E-state index is 8.69. The molecule has 0 saturated heterocycles. The van der Waals surface area contributed by atoms with E-state index in [4.69, 9.17) is 11.5 Å². The van der Waals surface area contributed by atoms with E-state index in [2.05, 4.69) is 25.1 Å². The lowest BCUT2D eigenvalue weighted by Gasteiger charge is -2.23. The van der Waals surface area contributed by atoms with E-state index in [9.17, 15) is 0 Å². The van der Waals surface area contributed by atoms with Crippen LogP contribution in [0.4, 0.5) is 0 Å². The zero-order valence-corrected chi connectivity index (χ0v) is 7.35. The number of hydrogen-bond donors (Lipinski definition) is 2. The molecule has 64 valence electrons. The quantitative estimate of drug-likeness (QED) is 0.450. The zero-order chi connectivity index (χ0) is 8.74. The van der Waals surface area contributed by atoms with Gasteiger partial charge in [0, 0.05) is 13.2 Å². The van der Waals surface area contributed by atoms with Gasteiger partial charge in [0.05, 0.1) is 6.54 Å². The predicted molar refractivity (Wildman–Crippen MR) is 47.2 cm³/mol. The normalized spacial score (nSPS) is 11.1. The fraction of sp³-hybridized carbons (Fsp3) is 0.778. The molecular weight excluding hydrogens is 138 g/mol. The van der Waals surface area contributed by atoms with Crippen molar-refractivity contribution < 1.29 is 5.11 Å². The number of rotatable bonds is 5. The molecule has 0 aliphatic carbocycles. The average molecular weight is 155 g/mol. The maximum atomic E-state index is 8.69. The van der Waals surface area contributed by atoms with E-state index in [-0.39, 0.29) is 12.0 Å². The van der Waals surface area contributed by atoms with E-state index in [0.717, 1.165) is 13.0 Å². The van der Waals surface area contributed by atoms with Gasteiger partial charge in [0.1, 0.15) is 0 Å². The Morgan fingerprint density at radius 2 is 2.18 bits per heavy atom. The monoisotopic (exact) mass is 155 g/mol. The van der Waals surface area contributed by atoms with Crippen LogP contribution in [0.3, 0.4) is 0 Å². The van der Waals surface area contributed by atoms with Gasteiger partial charge in [-0.3, -0.25) is 0 Å². The lowest BCUT2D eigenvalue weighted by Crippen LogP contribution is -2.30. The molecule has 0 aromatic rings. The molecule has 0 amide bonds. The summed E-state index contributed by atoms with van der Waals surface area (Å²) in [6, 6.07) is 0. The molecule has 0 heterocycles. The van der Waals surface area contributed by atoms with Crippen molar-refractivity contribution in [2.75, 3.05) is 19.7 Å². The summed E-state index contributed by atoms with van der Waals surface area (Å²) in [6.07, 6.45) is 5.88. The third-order valence-electron chi connectivity index (χ3n) is 1.62. The second-order valence-corrected chi connectivity index (χ2v) is 3.45. The molecule has 0 radical (unpaired) electrons. The van der Waals surface area contributed by atoms with Crippen LogP contribution in [-0.2, 0) is 0 Å². The van der Waals surface area contributed by atoms with Gasteiger partial charge < -0.3 is 10.4 Å². The molecule has 0 spiro atoms. The van der Waals surface area contributed by atoms with Crippen LogP contribution in [0.1, 0.15) is 20.3 Å². The van der Waals surface area contributed by atoms with Crippen LogP contribution in [0.25, 0.3) is 0 Å². The molecule has 0 fully saturated rings. The minimum absolute atomic E-state index is 0.144. The third-order valence-corrected chi connectivity index (χ3v) is 1.62. The first kappa shape index (κ1) is 10.5. The number of hydrogen-bond acceptors (Lipinski definition) is 2. The first-order valence-electron chi connectivity index (χ1n) is 3.87. The Morgan fingerprint density at radius 3 is 2.64 bits per heavy atom. The molecule has 0 unspecified atom stereocenters. The Hall–Kier alpha value is -0.520. The van der Waals surface area contributed by atoms with E-state index in [1.165, 1.54) is 0 Å². The van der Waals surface area contributed by atoms with Crippen LogP contribution >= 0.6 is 0 Å². The molecule has 0 rings (SSSR count). The number of nitrogens with one attached hydrogen (secondary N) is 1. The Labute approximate surface area is 69.0 Å². The van der Waals surface area contributed by atoms with Gasteiger partial charge in [-0.1, -0.05) is 19.8 Å². The van der Waals surface area contributed by atoms with Crippen LogP contribution < -0.4 is 5.32 Å². The summed E-state index contributed by atoms with van der Waals surface area (Å²) in [5.74, 6) is 2.51. The highest BCUT2D eigenvalue weighted by Gasteiger charge is 2.15. The molecule has 0 aromatic carbocycles. The lowest BCUT2D eigenvalue weighted by molar-refractivity contribution is 0.209. The fourth-order valence-corrected chi connectivity index (χ4v) is 0.864. The van der Waals surface area contributed by atoms with Crippen LogP contribution in [0, 0.1) is 17.8 Å². The molecule has 0 atom stereocenters. The van der Waals surface area contributed by atoms with Crippen molar-refractivity contribution in [2.24, 2.45) is 5.41 Å². The summed E-state index contributed by atoms with van der Waals surface area (Å²) >= 11 is 0. The smallest absolute Gasteiger partial charge is 0.0574 e. The molecule has 0 aliphatic rings. The van der Waals surface area contributed by atoms with Crippen LogP contribution in [0.2, 0.25) is 0 Å². The highest BCUT2D eigenvalue weighted by Crippen LogP contribution is 2.17. The van der Waals surface area contributed by atoms with Gasteiger partial charge >= 0.3 is 0 Å². The summed E-state index contributed by atoms with van der Waals surface area (Å²) in [4.78, 5) is 0. The van der Waals surface area contributed by atoms with Crippen molar-refractivity contribution in [3.8, 4) is 12.3 Å². The van der Waals surface area contributed by atoms with Gasteiger partial charge in [-0.05, 0) is 11.8 Å². The minimum atomic E-state index is 0.144. The van der Waals surface area contributed by atoms with E-state index in [1.807, 2.05) is 0 Å².